The maximum absolute atomic E-state index is 10.3. The minimum Gasteiger partial charge on any atom is -0.481 e. The minimum atomic E-state index is -0.902. The van der Waals surface area contributed by atoms with Crippen LogP contribution in [0.15, 0.2) is 0 Å². The van der Waals surface area contributed by atoms with E-state index < -0.39 is 12.1 Å². The summed E-state index contributed by atoms with van der Waals surface area (Å²) < 4.78 is 0. The molecule has 14 heavy (non-hydrogen) atoms. The number of aliphatic hydroxyl groups excluding tert-OH is 1. The Hall–Kier alpha value is -0.570. The summed E-state index contributed by atoms with van der Waals surface area (Å²) in [5.74, 6) is -0.173. The van der Waals surface area contributed by atoms with Crippen LogP contribution in [0.4, 0.5) is 0 Å². The first-order valence-corrected chi connectivity index (χ1v) is 5.58. The first kappa shape index (κ1) is 11.5. The Labute approximate surface area is 85.1 Å². The standard InChI is InChI=1S/C11H20O3/c12-10(8-11(13)14)7-6-9-4-2-1-3-5-9/h9-10,12H,1-8H2,(H,13,14). The molecule has 3 nitrogen and oxygen atoms in total. The van der Waals surface area contributed by atoms with E-state index in [1.54, 1.807) is 0 Å². The van der Waals surface area contributed by atoms with E-state index in [1.165, 1.54) is 32.1 Å². The Kier molecular flexibility index (Phi) is 4.94. The maximum Gasteiger partial charge on any atom is 0.305 e. The molecule has 0 bridgehead atoms. The van der Waals surface area contributed by atoms with Gasteiger partial charge in [-0.25, -0.2) is 0 Å². The van der Waals surface area contributed by atoms with Gasteiger partial charge in [-0.1, -0.05) is 32.1 Å². The third-order valence-electron chi connectivity index (χ3n) is 3.04. The molecule has 0 aromatic rings. The van der Waals surface area contributed by atoms with Crippen LogP contribution < -0.4 is 0 Å². The molecule has 1 aliphatic rings. The molecule has 0 aromatic heterocycles. The molecule has 1 fully saturated rings. The summed E-state index contributed by atoms with van der Waals surface area (Å²) in [6, 6.07) is 0. The molecule has 0 amide bonds. The van der Waals surface area contributed by atoms with Gasteiger partial charge in [-0.2, -0.15) is 0 Å². The highest BCUT2D eigenvalue weighted by atomic mass is 16.4. The Morgan fingerprint density at radius 2 is 1.93 bits per heavy atom. The normalized spacial score (nSPS) is 20.6. The number of carboxylic acids is 1. The van der Waals surface area contributed by atoms with Gasteiger partial charge in [0.05, 0.1) is 12.5 Å². The minimum absolute atomic E-state index is 0.104. The number of hydrogen-bond acceptors (Lipinski definition) is 2. The molecule has 0 saturated heterocycles. The van der Waals surface area contributed by atoms with Gasteiger partial charge in [0.1, 0.15) is 0 Å². The number of aliphatic hydroxyl groups is 1. The quantitative estimate of drug-likeness (QED) is 0.715. The molecule has 82 valence electrons. The summed E-state index contributed by atoms with van der Waals surface area (Å²) in [6.45, 7) is 0. The highest BCUT2D eigenvalue weighted by Crippen LogP contribution is 2.27. The Morgan fingerprint density at radius 3 is 2.50 bits per heavy atom. The number of rotatable bonds is 5. The summed E-state index contributed by atoms with van der Waals surface area (Å²) >= 11 is 0. The molecule has 0 spiro atoms. The number of carboxylic acid groups (broad SMARTS) is 1. The van der Waals surface area contributed by atoms with Gasteiger partial charge < -0.3 is 10.2 Å². The number of hydrogen-bond donors (Lipinski definition) is 2. The zero-order valence-electron chi connectivity index (χ0n) is 8.61. The van der Waals surface area contributed by atoms with E-state index in [4.69, 9.17) is 5.11 Å². The maximum atomic E-state index is 10.3. The van der Waals surface area contributed by atoms with Crippen molar-refractivity contribution in [3.8, 4) is 0 Å². The lowest BCUT2D eigenvalue weighted by atomic mass is 9.85. The smallest absolute Gasteiger partial charge is 0.305 e. The van der Waals surface area contributed by atoms with Gasteiger partial charge in [-0.3, -0.25) is 4.79 Å². The summed E-state index contributed by atoms with van der Waals surface area (Å²) in [4.78, 5) is 10.3. The van der Waals surface area contributed by atoms with Gasteiger partial charge in [0.2, 0.25) is 0 Å². The molecule has 1 rings (SSSR count). The van der Waals surface area contributed by atoms with Gasteiger partial charge in [-0.05, 0) is 18.8 Å². The van der Waals surface area contributed by atoms with Crippen LogP contribution in [0.25, 0.3) is 0 Å². The van der Waals surface area contributed by atoms with Crippen LogP contribution in [-0.4, -0.2) is 22.3 Å². The van der Waals surface area contributed by atoms with E-state index in [0.717, 1.165) is 12.3 Å². The molecule has 0 radical (unpaired) electrons. The summed E-state index contributed by atoms with van der Waals surface area (Å²) in [5.41, 5.74) is 0. The zero-order valence-corrected chi connectivity index (χ0v) is 8.61. The van der Waals surface area contributed by atoms with Crippen LogP contribution in [0.3, 0.4) is 0 Å². The average molecular weight is 200 g/mol. The van der Waals surface area contributed by atoms with Crippen LogP contribution in [-0.2, 0) is 4.79 Å². The fourth-order valence-electron chi connectivity index (χ4n) is 2.21. The molecule has 2 N–H and O–H groups in total. The van der Waals surface area contributed by atoms with Crippen molar-refractivity contribution in [3.63, 3.8) is 0 Å². The van der Waals surface area contributed by atoms with Crippen LogP contribution in [0.2, 0.25) is 0 Å². The second kappa shape index (κ2) is 6.02. The lowest BCUT2D eigenvalue weighted by Gasteiger charge is -2.22. The monoisotopic (exact) mass is 200 g/mol. The molecule has 1 saturated carbocycles. The van der Waals surface area contributed by atoms with Crippen LogP contribution in [0.5, 0.6) is 0 Å². The first-order valence-electron chi connectivity index (χ1n) is 5.58. The van der Waals surface area contributed by atoms with Crippen molar-refractivity contribution >= 4 is 5.97 Å². The van der Waals surface area contributed by atoms with Crippen molar-refractivity contribution in [2.75, 3.05) is 0 Å². The topological polar surface area (TPSA) is 57.5 Å². The summed E-state index contributed by atoms with van der Waals surface area (Å²) in [5, 5.41) is 17.8. The lowest BCUT2D eigenvalue weighted by Crippen LogP contribution is -2.15. The van der Waals surface area contributed by atoms with Crippen molar-refractivity contribution in [2.24, 2.45) is 5.92 Å². The van der Waals surface area contributed by atoms with E-state index in [1.807, 2.05) is 0 Å². The molecule has 0 aliphatic heterocycles. The molecule has 1 unspecified atom stereocenters. The van der Waals surface area contributed by atoms with Crippen LogP contribution >= 0.6 is 0 Å². The third-order valence-corrected chi connectivity index (χ3v) is 3.04. The van der Waals surface area contributed by atoms with E-state index in [9.17, 15) is 9.90 Å². The predicted octanol–water partition coefficient (Wildman–Crippen LogP) is 2.18. The van der Waals surface area contributed by atoms with Gasteiger partial charge in [-0.15, -0.1) is 0 Å². The van der Waals surface area contributed by atoms with Crippen molar-refractivity contribution in [1.82, 2.24) is 0 Å². The second-order valence-corrected chi connectivity index (χ2v) is 4.33. The van der Waals surface area contributed by atoms with Crippen molar-refractivity contribution in [1.29, 1.82) is 0 Å². The number of aliphatic carboxylic acids is 1. The van der Waals surface area contributed by atoms with E-state index in [2.05, 4.69) is 0 Å². The highest BCUT2D eigenvalue weighted by molar-refractivity contribution is 5.67. The molecular formula is C11H20O3. The third kappa shape index (κ3) is 4.61. The van der Waals surface area contributed by atoms with Gasteiger partial charge in [0, 0.05) is 0 Å². The van der Waals surface area contributed by atoms with E-state index in [0.29, 0.717) is 6.42 Å². The molecule has 0 aromatic carbocycles. The van der Waals surface area contributed by atoms with Gasteiger partial charge >= 0.3 is 5.97 Å². The first-order chi connectivity index (χ1) is 6.68. The van der Waals surface area contributed by atoms with Crippen molar-refractivity contribution in [3.05, 3.63) is 0 Å². The molecule has 3 heteroatoms. The summed E-state index contributed by atoms with van der Waals surface area (Å²) in [6.07, 6.45) is 7.38. The van der Waals surface area contributed by atoms with Gasteiger partial charge in [0.15, 0.2) is 0 Å². The Balaban J connectivity index is 2.09. The van der Waals surface area contributed by atoms with Crippen LogP contribution in [0.1, 0.15) is 51.4 Å². The summed E-state index contributed by atoms with van der Waals surface area (Å²) in [7, 11) is 0. The fraction of sp³-hybridized carbons (Fsp3) is 0.909. The molecule has 1 atom stereocenters. The lowest BCUT2D eigenvalue weighted by molar-refractivity contribution is -0.139. The zero-order chi connectivity index (χ0) is 10.4. The second-order valence-electron chi connectivity index (χ2n) is 4.33. The largest absolute Gasteiger partial charge is 0.481 e. The van der Waals surface area contributed by atoms with Crippen molar-refractivity contribution in [2.45, 2.75) is 57.5 Å². The average Bonchev–Trinajstić information content (AvgIpc) is 2.15. The predicted molar refractivity (Wildman–Crippen MR) is 54.1 cm³/mol. The SMILES string of the molecule is O=C(O)CC(O)CCC1CCCCC1. The van der Waals surface area contributed by atoms with E-state index in [-0.39, 0.29) is 6.42 Å². The van der Waals surface area contributed by atoms with Gasteiger partial charge in [0.25, 0.3) is 0 Å². The van der Waals surface area contributed by atoms with E-state index >= 15 is 0 Å². The Bertz CT molecular complexity index is 173. The highest BCUT2D eigenvalue weighted by Gasteiger charge is 2.16. The van der Waals surface area contributed by atoms with Crippen LogP contribution in [0, 0.1) is 5.92 Å². The molecular weight excluding hydrogens is 180 g/mol. The molecule has 0 heterocycles. The fourth-order valence-corrected chi connectivity index (χ4v) is 2.21. The van der Waals surface area contributed by atoms with Crippen molar-refractivity contribution < 1.29 is 15.0 Å². The number of carbonyl (C=O) groups is 1. The Morgan fingerprint density at radius 1 is 1.29 bits per heavy atom. The molecule has 1 aliphatic carbocycles.